The molecule has 0 spiro atoms. The molecule has 0 atom stereocenters. The van der Waals surface area contributed by atoms with E-state index in [2.05, 4.69) is 38.3 Å². The van der Waals surface area contributed by atoms with E-state index in [-0.39, 0.29) is 5.41 Å². The highest BCUT2D eigenvalue weighted by atomic mass is 32.1. The molecule has 1 aromatic rings. The van der Waals surface area contributed by atoms with Crippen molar-refractivity contribution in [2.45, 2.75) is 31.9 Å². The molecular weight excluding hydrogens is 252 g/mol. The standard InChI is InChI=1S/C12H20N2OS2/c1-12(2,3)10-9(8-16)17-11(13-10)14-4-6-15-7-5-14/h16H,4-8H2,1-3H3. The Hall–Kier alpha value is -0.260. The Kier molecular flexibility index (Phi) is 4.00. The van der Waals surface area contributed by atoms with Crippen LogP contribution in [0.2, 0.25) is 0 Å². The lowest BCUT2D eigenvalue weighted by atomic mass is 9.91. The van der Waals surface area contributed by atoms with E-state index in [9.17, 15) is 0 Å². The SMILES string of the molecule is CC(C)(C)c1nc(N2CCOCC2)sc1CS. The van der Waals surface area contributed by atoms with Crippen molar-refractivity contribution in [3.63, 3.8) is 0 Å². The molecule has 1 saturated heterocycles. The number of thiol groups is 1. The summed E-state index contributed by atoms with van der Waals surface area (Å²) < 4.78 is 5.37. The molecule has 0 unspecified atom stereocenters. The summed E-state index contributed by atoms with van der Waals surface area (Å²) in [5, 5.41) is 1.13. The van der Waals surface area contributed by atoms with E-state index in [1.165, 1.54) is 10.6 Å². The maximum absolute atomic E-state index is 5.37. The minimum atomic E-state index is 0.0963. The van der Waals surface area contributed by atoms with Crippen molar-refractivity contribution in [1.29, 1.82) is 0 Å². The number of morpholine rings is 1. The highest BCUT2D eigenvalue weighted by Gasteiger charge is 2.25. The van der Waals surface area contributed by atoms with Crippen LogP contribution in [0.5, 0.6) is 0 Å². The molecule has 1 aromatic heterocycles. The largest absolute Gasteiger partial charge is 0.378 e. The minimum Gasteiger partial charge on any atom is -0.378 e. The Labute approximate surface area is 113 Å². The molecule has 0 bridgehead atoms. The number of thiazole rings is 1. The molecule has 0 aromatic carbocycles. The predicted octanol–water partition coefficient (Wildman–Crippen LogP) is 2.71. The quantitative estimate of drug-likeness (QED) is 0.838. The Morgan fingerprint density at radius 2 is 2.00 bits per heavy atom. The normalized spacial score (nSPS) is 17.5. The van der Waals surface area contributed by atoms with Crippen molar-refractivity contribution in [2.24, 2.45) is 0 Å². The Balaban J connectivity index is 2.27. The van der Waals surface area contributed by atoms with Gasteiger partial charge in [0.2, 0.25) is 0 Å². The summed E-state index contributed by atoms with van der Waals surface area (Å²) in [6.07, 6.45) is 0. The molecule has 96 valence electrons. The predicted molar refractivity (Wildman–Crippen MR) is 76.5 cm³/mol. The number of hydrogen-bond acceptors (Lipinski definition) is 5. The van der Waals surface area contributed by atoms with E-state index in [1.807, 2.05) is 0 Å². The molecule has 1 aliphatic rings. The fourth-order valence-electron chi connectivity index (χ4n) is 1.92. The van der Waals surface area contributed by atoms with Gasteiger partial charge in [0.15, 0.2) is 5.13 Å². The van der Waals surface area contributed by atoms with Crippen LogP contribution in [0.1, 0.15) is 31.3 Å². The number of hydrogen-bond donors (Lipinski definition) is 1. The van der Waals surface area contributed by atoms with Crippen LogP contribution in [0.15, 0.2) is 0 Å². The molecule has 17 heavy (non-hydrogen) atoms. The molecule has 5 heteroatoms. The van der Waals surface area contributed by atoms with Crippen LogP contribution < -0.4 is 4.90 Å². The summed E-state index contributed by atoms with van der Waals surface area (Å²) in [7, 11) is 0. The van der Waals surface area contributed by atoms with Crippen LogP contribution in [0.4, 0.5) is 5.13 Å². The van der Waals surface area contributed by atoms with Crippen LogP contribution >= 0.6 is 24.0 Å². The lowest BCUT2D eigenvalue weighted by Crippen LogP contribution is -2.36. The van der Waals surface area contributed by atoms with Crippen LogP contribution in [-0.4, -0.2) is 31.3 Å². The highest BCUT2D eigenvalue weighted by Crippen LogP contribution is 2.34. The summed E-state index contributed by atoms with van der Waals surface area (Å²) >= 11 is 6.19. The average Bonchev–Trinajstić information content (AvgIpc) is 2.74. The number of rotatable bonds is 2. The van der Waals surface area contributed by atoms with Gasteiger partial charge in [-0.15, -0.1) is 11.3 Å². The van der Waals surface area contributed by atoms with Gasteiger partial charge in [0.25, 0.3) is 0 Å². The third-order valence-corrected chi connectivity index (χ3v) is 4.47. The fourth-order valence-corrected chi connectivity index (χ4v) is 3.45. The van der Waals surface area contributed by atoms with Gasteiger partial charge in [0.05, 0.1) is 18.9 Å². The molecule has 0 radical (unpaired) electrons. The van der Waals surface area contributed by atoms with Crippen LogP contribution in [0.25, 0.3) is 0 Å². The Morgan fingerprint density at radius 1 is 1.35 bits per heavy atom. The molecule has 2 rings (SSSR count). The lowest BCUT2D eigenvalue weighted by Gasteiger charge is -2.26. The van der Waals surface area contributed by atoms with Crippen LogP contribution in [-0.2, 0) is 15.9 Å². The van der Waals surface area contributed by atoms with Gasteiger partial charge < -0.3 is 9.64 Å². The van der Waals surface area contributed by atoms with E-state index in [1.54, 1.807) is 11.3 Å². The maximum atomic E-state index is 5.37. The van der Waals surface area contributed by atoms with Crippen molar-refractivity contribution < 1.29 is 4.74 Å². The van der Waals surface area contributed by atoms with Crippen molar-refractivity contribution in [3.05, 3.63) is 10.6 Å². The van der Waals surface area contributed by atoms with Crippen molar-refractivity contribution in [3.8, 4) is 0 Å². The van der Waals surface area contributed by atoms with Crippen molar-refractivity contribution in [2.75, 3.05) is 31.2 Å². The fraction of sp³-hybridized carbons (Fsp3) is 0.750. The van der Waals surface area contributed by atoms with Gasteiger partial charge in [-0.25, -0.2) is 4.98 Å². The summed E-state index contributed by atoms with van der Waals surface area (Å²) in [5.74, 6) is 0.772. The molecule has 1 fully saturated rings. The zero-order chi connectivity index (χ0) is 12.5. The van der Waals surface area contributed by atoms with Gasteiger partial charge in [-0.3, -0.25) is 0 Å². The summed E-state index contributed by atoms with van der Waals surface area (Å²) in [6.45, 7) is 10.1. The number of anilines is 1. The molecule has 0 saturated carbocycles. The maximum Gasteiger partial charge on any atom is 0.185 e. The smallest absolute Gasteiger partial charge is 0.185 e. The van der Waals surface area contributed by atoms with E-state index < -0.39 is 0 Å². The Morgan fingerprint density at radius 3 is 2.47 bits per heavy atom. The minimum absolute atomic E-state index is 0.0963. The third-order valence-electron chi connectivity index (χ3n) is 2.82. The molecule has 3 nitrogen and oxygen atoms in total. The van der Waals surface area contributed by atoms with E-state index in [0.717, 1.165) is 37.2 Å². The zero-order valence-electron chi connectivity index (χ0n) is 10.7. The zero-order valence-corrected chi connectivity index (χ0v) is 12.4. The van der Waals surface area contributed by atoms with E-state index in [0.29, 0.717) is 0 Å². The van der Waals surface area contributed by atoms with Crippen LogP contribution in [0, 0.1) is 0 Å². The number of nitrogens with zero attached hydrogens (tertiary/aromatic N) is 2. The summed E-state index contributed by atoms with van der Waals surface area (Å²) in [4.78, 5) is 8.43. The lowest BCUT2D eigenvalue weighted by molar-refractivity contribution is 0.122. The second-order valence-corrected chi connectivity index (χ2v) is 6.65. The first-order valence-corrected chi connectivity index (χ1v) is 7.41. The van der Waals surface area contributed by atoms with Crippen molar-refractivity contribution >= 4 is 29.1 Å². The molecule has 0 aliphatic carbocycles. The molecule has 1 aliphatic heterocycles. The van der Waals surface area contributed by atoms with E-state index in [4.69, 9.17) is 9.72 Å². The average molecular weight is 272 g/mol. The second kappa shape index (κ2) is 5.16. The highest BCUT2D eigenvalue weighted by molar-refractivity contribution is 7.79. The van der Waals surface area contributed by atoms with Gasteiger partial charge in [0, 0.05) is 29.1 Å². The molecular formula is C12H20N2OS2. The molecule has 0 N–H and O–H groups in total. The third kappa shape index (κ3) is 2.95. The van der Waals surface area contributed by atoms with Crippen molar-refractivity contribution in [1.82, 2.24) is 4.98 Å². The first-order chi connectivity index (χ1) is 8.02. The van der Waals surface area contributed by atoms with Gasteiger partial charge in [-0.05, 0) is 0 Å². The van der Waals surface area contributed by atoms with Gasteiger partial charge >= 0.3 is 0 Å². The number of aromatic nitrogens is 1. The van der Waals surface area contributed by atoms with Gasteiger partial charge in [-0.1, -0.05) is 20.8 Å². The summed E-state index contributed by atoms with van der Waals surface area (Å²) in [6, 6.07) is 0. The summed E-state index contributed by atoms with van der Waals surface area (Å²) in [5.41, 5.74) is 1.29. The first-order valence-electron chi connectivity index (χ1n) is 5.96. The van der Waals surface area contributed by atoms with Gasteiger partial charge in [0.1, 0.15) is 0 Å². The molecule has 2 heterocycles. The second-order valence-electron chi connectivity index (χ2n) is 5.28. The van der Waals surface area contributed by atoms with E-state index >= 15 is 0 Å². The van der Waals surface area contributed by atoms with Gasteiger partial charge in [-0.2, -0.15) is 12.6 Å². The topological polar surface area (TPSA) is 25.4 Å². The van der Waals surface area contributed by atoms with Crippen LogP contribution in [0.3, 0.4) is 0 Å². The number of ether oxygens (including phenoxy) is 1. The first kappa shape index (κ1) is 13.2. The monoisotopic (exact) mass is 272 g/mol. The molecule has 0 amide bonds. The Bertz CT molecular complexity index is 378.